The third-order valence-corrected chi connectivity index (χ3v) is 2.17. The number of ether oxygens (including phenoxy) is 2. The van der Waals surface area contributed by atoms with Crippen LogP contribution in [0.5, 0.6) is 0 Å². The van der Waals surface area contributed by atoms with E-state index in [9.17, 15) is 0 Å². The average molecular weight is 247 g/mol. The first kappa shape index (κ1) is 21.3. The van der Waals surface area contributed by atoms with Gasteiger partial charge in [-0.2, -0.15) is 13.3 Å². The molecule has 0 aliphatic carbocycles. The first-order valence-corrected chi connectivity index (χ1v) is 5.09. The number of hydrogen-bond acceptors (Lipinski definition) is 2. The van der Waals surface area contributed by atoms with E-state index in [-0.39, 0.29) is 35.5 Å². The first-order chi connectivity index (χ1) is 6.20. The van der Waals surface area contributed by atoms with Crippen molar-refractivity contribution >= 4 is 23.1 Å². The Bertz CT molecular complexity index is 115. The van der Waals surface area contributed by atoms with E-state index in [2.05, 4.69) is 27.2 Å². The molecule has 2 unspecified atom stereocenters. The van der Waals surface area contributed by atoms with Gasteiger partial charge in [0.25, 0.3) is 0 Å². The van der Waals surface area contributed by atoms with Gasteiger partial charge in [0.05, 0.1) is 6.10 Å². The van der Waals surface area contributed by atoms with E-state index in [1.165, 1.54) is 12.8 Å². The maximum absolute atomic E-state index is 5.39. The van der Waals surface area contributed by atoms with Gasteiger partial charge in [0.1, 0.15) is 6.79 Å². The number of halogens is 1. The summed E-state index contributed by atoms with van der Waals surface area (Å²) < 4.78 is 10.2. The SMILES string of the molecule is C[CH-]CC(C)CCC(C)OCOC.[Cl-].[Mg+2]. The maximum Gasteiger partial charge on any atom is 2.00 e. The molecule has 2 nitrogen and oxygen atoms in total. The van der Waals surface area contributed by atoms with E-state index in [1.807, 2.05) is 0 Å². The van der Waals surface area contributed by atoms with Crippen LogP contribution in [0.2, 0.25) is 0 Å². The van der Waals surface area contributed by atoms with Crippen LogP contribution in [0, 0.1) is 12.3 Å². The second-order valence-electron chi connectivity index (χ2n) is 3.71. The van der Waals surface area contributed by atoms with Crippen LogP contribution in [0.1, 0.15) is 40.0 Å². The van der Waals surface area contributed by atoms with Crippen molar-refractivity contribution in [2.75, 3.05) is 13.9 Å². The van der Waals surface area contributed by atoms with Crippen LogP contribution in [0.25, 0.3) is 0 Å². The van der Waals surface area contributed by atoms with Gasteiger partial charge in [-0.1, -0.05) is 19.3 Å². The van der Waals surface area contributed by atoms with Gasteiger partial charge >= 0.3 is 23.1 Å². The molecule has 0 heterocycles. The van der Waals surface area contributed by atoms with Gasteiger partial charge in [0.15, 0.2) is 0 Å². The number of rotatable bonds is 8. The van der Waals surface area contributed by atoms with Crippen molar-refractivity contribution in [3.63, 3.8) is 0 Å². The van der Waals surface area contributed by atoms with Gasteiger partial charge < -0.3 is 28.3 Å². The fraction of sp³-hybridized carbons (Fsp3) is 0.909. The van der Waals surface area contributed by atoms with Crippen LogP contribution in [0.4, 0.5) is 0 Å². The molecule has 4 heteroatoms. The average Bonchev–Trinajstić information content (AvgIpc) is 2.12. The van der Waals surface area contributed by atoms with Crippen molar-refractivity contribution in [1.29, 1.82) is 0 Å². The molecule has 0 aliphatic rings. The summed E-state index contributed by atoms with van der Waals surface area (Å²) in [4.78, 5) is 0. The zero-order chi connectivity index (χ0) is 10.1. The van der Waals surface area contributed by atoms with Crippen LogP contribution < -0.4 is 12.4 Å². The van der Waals surface area contributed by atoms with Gasteiger partial charge in [-0.15, -0.1) is 0 Å². The van der Waals surface area contributed by atoms with E-state index >= 15 is 0 Å². The van der Waals surface area contributed by atoms with Crippen molar-refractivity contribution in [3.8, 4) is 0 Å². The predicted molar refractivity (Wildman–Crippen MR) is 61.2 cm³/mol. The second kappa shape index (κ2) is 15.0. The third kappa shape index (κ3) is 15.0. The third-order valence-electron chi connectivity index (χ3n) is 2.17. The molecular formula is C11H23ClMgO2. The van der Waals surface area contributed by atoms with E-state index in [1.54, 1.807) is 7.11 Å². The number of methoxy groups -OCH3 is 1. The molecule has 0 aromatic carbocycles. The van der Waals surface area contributed by atoms with Gasteiger partial charge in [0.2, 0.25) is 0 Å². The van der Waals surface area contributed by atoms with Crippen molar-refractivity contribution in [1.82, 2.24) is 0 Å². The minimum absolute atomic E-state index is 0. The van der Waals surface area contributed by atoms with E-state index < -0.39 is 0 Å². The van der Waals surface area contributed by atoms with E-state index in [0.29, 0.717) is 12.9 Å². The Kier molecular flexibility index (Phi) is 21.2. The molecule has 0 spiro atoms. The smallest absolute Gasteiger partial charge is 1.00 e. The van der Waals surface area contributed by atoms with Crippen LogP contribution >= 0.6 is 0 Å². The fourth-order valence-electron chi connectivity index (χ4n) is 1.31. The minimum atomic E-state index is 0. The largest absolute Gasteiger partial charge is 2.00 e. The van der Waals surface area contributed by atoms with Crippen molar-refractivity contribution in [2.24, 2.45) is 5.92 Å². The summed E-state index contributed by atoms with van der Waals surface area (Å²) >= 11 is 0. The summed E-state index contributed by atoms with van der Waals surface area (Å²) in [5, 5.41) is 0. The fourth-order valence-corrected chi connectivity index (χ4v) is 1.31. The van der Waals surface area contributed by atoms with Gasteiger partial charge in [0, 0.05) is 7.11 Å². The Balaban J connectivity index is -0.000000720. The second-order valence-corrected chi connectivity index (χ2v) is 3.71. The van der Waals surface area contributed by atoms with Crippen LogP contribution in [-0.4, -0.2) is 43.1 Å². The van der Waals surface area contributed by atoms with Gasteiger partial charge in [-0.25, -0.2) is 0 Å². The maximum atomic E-state index is 5.39. The quantitative estimate of drug-likeness (QED) is 0.331. The Hall–Kier alpha value is 0.976. The van der Waals surface area contributed by atoms with Crippen LogP contribution in [-0.2, 0) is 9.47 Å². The standard InChI is InChI=1S/C11H23O2.ClH.Mg/c1-5-6-10(2)7-8-11(3)13-9-12-4;;/h5,10-11H,6-9H2,1-4H3;1H;/q-1;;+2/p-1. The van der Waals surface area contributed by atoms with Crippen molar-refractivity contribution in [2.45, 2.75) is 46.1 Å². The van der Waals surface area contributed by atoms with Gasteiger partial charge in [-0.3, -0.25) is 0 Å². The summed E-state index contributed by atoms with van der Waals surface area (Å²) in [7, 11) is 1.65. The summed E-state index contributed by atoms with van der Waals surface area (Å²) in [5.74, 6) is 0.776. The molecule has 15 heavy (non-hydrogen) atoms. The monoisotopic (exact) mass is 246 g/mol. The molecule has 0 amide bonds. The molecule has 0 N–H and O–H groups in total. The molecule has 0 rings (SSSR count). The zero-order valence-electron chi connectivity index (χ0n) is 10.5. The Morgan fingerprint density at radius 1 is 1.20 bits per heavy atom. The Morgan fingerprint density at radius 3 is 2.27 bits per heavy atom. The molecule has 0 saturated heterocycles. The summed E-state index contributed by atoms with van der Waals surface area (Å²) in [6.07, 6.45) is 6.11. The zero-order valence-corrected chi connectivity index (χ0v) is 12.6. The summed E-state index contributed by atoms with van der Waals surface area (Å²) in [6.45, 7) is 6.90. The van der Waals surface area contributed by atoms with Crippen LogP contribution in [0.15, 0.2) is 0 Å². The molecular weight excluding hydrogens is 224 g/mol. The van der Waals surface area contributed by atoms with Gasteiger partial charge in [-0.05, 0) is 13.3 Å². The molecule has 0 saturated carbocycles. The molecule has 0 radical (unpaired) electrons. The molecule has 0 fully saturated rings. The normalized spacial score (nSPS) is 13.6. The minimum Gasteiger partial charge on any atom is -1.00 e. The van der Waals surface area contributed by atoms with Crippen LogP contribution in [0.3, 0.4) is 0 Å². The van der Waals surface area contributed by atoms with E-state index in [4.69, 9.17) is 9.47 Å². The molecule has 0 aromatic rings. The van der Waals surface area contributed by atoms with Crippen molar-refractivity contribution < 1.29 is 21.9 Å². The Morgan fingerprint density at radius 2 is 1.80 bits per heavy atom. The van der Waals surface area contributed by atoms with Crippen molar-refractivity contribution in [3.05, 3.63) is 6.42 Å². The molecule has 2 atom stereocenters. The Labute approximate surface area is 117 Å². The predicted octanol–water partition coefficient (Wildman–Crippen LogP) is -0.351. The summed E-state index contributed by atoms with van der Waals surface area (Å²) in [5.41, 5.74) is 0. The molecule has 88 valence electrons. The summed E-state index contributed by atoms with van der Waals surface area (Å²) in [6, 6.07) is 0. The topological polar surface area (TPSA) is 18.5 Å². The number of hydrogen-bond donors (Lipinski definition) is 0. The molecule has 0 bridgehead atoms. The molecule has 0 aliphatic heterocycles. The van der Waals surface area contributed by atoms with E-state index in [0.717, 1.165) is 12.3 Å². The first-order valence-electron chi connectivity index (χ1n) is 5.09. The molecule has 0 aromatic heterocycles.